The highest BCUT2D eigenvalue weighted by Crippen LogP contribution is 2.16. The van der Waals surface area contributed by atoms with Gasteiger partial charge in [0, 0.05) is 12.6 Å². The summed E-state index contributed by atoms with van der Waals surface area (Å²) in [7, 11) is 1.47. The number of nitrogens with one attached hydrogen (secondary N) is 2. The van der Waals surface area contributed by atoms with Crippen LogP contribution in [0, 0.1) is 0 Å². The van der Waals surface area contributed by atoms with Gasteiger partial charge in [0.2, 0.25) is 0 Å². The molecule has 0 saturated carbocycles. The summed E-state index contributed by atoms with van der Waals surface area (Å²) in [6, 6.07) is 17.2. The lowest BCUT2D eigenvalue weighted by atomic mass is 10.2. The Hall–Kier alpha value is -3.98. The third-order valence-corrected chi connectivity index (χ3v) is 4.25. The van der Waals surface area contributed by atoms with Gasteiger partial charge >= 0.3 is 5.97 Å². The molecule has 1 aromatic heterocycles. The molecule has 0 aliphatic carbocycles. The number of amides is 2. The van der Waals surface area contributed by atoms with Crippen LogP contribution in [-0.4, -0.2) is 47.6 Å². The first kappa shape index (κ1) is 21.7. The number of imidazole rings is 1. The zero-order chi connectivity index (χ0) is 22.1. The van der Waals surface area contributed by atoms with Crippen LogP contribution in [0.2, 0.25) is 0 Å². The van der Waals surface area contributed by atoms with Crippen LogP contribution in [0.25, 0.3) is 0 Å². The molecule has 9 nitrogen and oxygen atoms in total. The Balaban J connectivity index is 1.59. The fourth-order valence-corrected chi connectivity index (χ4v) is 2.68. The quantitative estimate of drug-likeness (QED) is 0.404. The topological polar surface area (TPSA) is 112 Å². The number of hydrogen-bond acceptors (Lipinski definition) is 6. The predicted octanol–water partition coefficient (Wildman–Crippen LogP) is 2.33. The van der Waals surface area contributed by atoms with Gasteiger partial charge in [-0.15, -0.1) is 0 Å². The fourth-order valence-electron chi connectivity index (χ4n) is 2.68. The molecule has 1 heterocycles. The second-order valence-corrected chi connectivity index (χ2v) is 6.35. The largest absolute Gasteiger partial charge is 0.460 e. The molecule has 2 N–H and O–H groups in total. The van der Waals surface area contributed by atoms with Gasteiger partial charge in [-0.25, -0.2) is 9.78 Å². The number of carbonyl (C=O) groups is 3. The first-order valence-electron chi connectivity index (χ1n) is 9.53. The van der Waals surface area contributed by atoms with Crippen molar-refractivity contribution in [2.45, 2.75) is 6.73 Å². The second-order valence-electron chi connectivity index (χ2n) is 6.35. The minimum atomic E-state index is -0.445. The molecule has 9 heteroatoms. The van der Waals surface area contributed by atoms with E-state index in [1.165, 1.54) is 17.9 Å². The highest BCUT2D eigenvalue weighted by Gasteiger charge is 2.20. The number of aromatic nitrogens is 2. The molecule has 160 valence electrons. The Morgan fingerprint density at radius 3 is 2.19 bits per heavy atom. The molecule has 3 rings (SSSR count). The smallest absolute Gasteiger partial charge is 0.338 e. The van der Waals surface area contributed by atoms with E-state index >= 15 is 0 Å². The molecule has 3 aromatic rings. The molecule has 0 spiro atoms. The Kier molecular flexibility index (Phi) is 7.50. The van der Waals surface area contributed by atoms with Crippen LogP contribution in [0.15, 0.2) is 67.0 Å². The van der Waals surface area contributed by atoms with Gasteiger partial charge in [-0.1, -0.05) is 36.4 Å². The van der Waals surface area contributed by atoms with Crippen LogP contribution in [0.3, 0.4) is 0 Å². The van der Waals surface area contributed by atoms with Crippen molar-refractivity contribution in [1.82, 2.24) is 14.9 Å². The van der Waals surface area contributed by atoms with Gasteiger partial charge in [0.1, 0.15) is 19.2 Å². The summed E-state index contributed by atoms with van der Waals surface area (Å²) in [5.41, 5.74) is 0.955. The number of ether oxygens (including phenoxy) is 2. The van der Waals surface area contributed by atoms with Crippen molar-refractivity contribution in [2.75, 3.05) is 25.6 Å². The molecule has 31 heavy (non-hydrogen) atoms. The molecule has 0 saturated heterocycles. The molecule has 0 atom stereocenters. The van der Waals surface area contributed by atoms with Gasteiger partial charge in [0.15, 0.2) is 5.69 Å². The van der Waals surface area contributed by atoms with Crippen molar-refractivity contribution >= 4 is 23.6 Å². The molecule has 2 aromatic carbocycles. The monoisotopic (exact) mass is 422 g/mol. The molecule has 0 radical (unpaired) electrons. The zero-order valence-corrected chi connectivity index (χ0v) is 16.9. The van der Waals surface area contributed by atoms with Crippen LogP contribution < -0.4 is 10.6 Å². The van der Waals surface area contributed by atoms with Gasteiger partial charge in [-0.2, -0.15) is 0 Å². The SMILES string of the molecule is CNC(=O)c1ncn(COCCOC(=O)c2ccccc2)c1NC(=O)c1ccccc1. The molecular weight excluding hydrogens is 400 g/mol. The lowest BCUT2D eigenvalue weighted by Gasteiger charge is -2.12. The number of anilines is 1. The third-order valence-electron chi connectivity index (χ3n) is 4.25. The molecular formula is C22H22N4O5. The third kappa shape index (κ3) is 5.77. The molecule has 0 bridgehead atoms. The maximum absolute atomic E-state index is 12.5. The lowest BCUT2D eigenvalue weighted by Crippen LogP contribution is -2.23. The van der Waals surface area contributed by atoms with E-state index in [9.17, 15) is 14.4 Å². The van der Waals surface area contributed by atoms with E-state index in [0.29, 0.717) is 11.1 Å². The first-order chi connectivity index (χ1) is 15.1. The maximum atomic E-state index is 12.5. The first-order valence-corrected chi connectivity index (χ1v) is 9.53. The average molecular weight is 422 g/mol. The summed E-state index contributed by atoms with van der Waals surface area (Å²) in [5.74, 6) is -1.07. The van der Waals surface area contributed by atoms with Crippen molar-refractivity contribution < 1.29 is 23.9 Å². The van der Waals surface area contributed by atoms with E-state index in [1.807, 2.05) is 6.07 Å². The molecule has 0 fully saturated rings. The Labute approximate surface area is 179 Å². The van der Waals surface area contributed by atoms with Crippen LogP contribution in [-0.2, 0) is 16.2 Å². The number of benzene rings is 2. The highest BCUT2D eigenvalue weighted by molar-refractivity contribution is 6.07. The van der Waals surface area contributed by atoms with Crippen molar-refractivity contribution in [3.8, 4) is 0 Å². The number of nitrogens with zero attached hydrogens (tertiary/aromatic N) is 2. The highest BCUT2D eigenvalue weighted by atomic mass is 16.6. The van der Waals surface area contributed by atoms with E-state index in [1.54, 1.807) is 54.6 Å². The molecule has 0 aliphatic heterocycles. The molecule has 0 unspecified atom stereocenters. The summed E-state index contributed by atoms with van der Waals surface area (Å²) < 4.78 is 12.2. The van der Waals surface area contributed by atoms with E-state index in [4.69, 9.17) is 9.47 Å². The van der Waals surface area contributed by atoms with E-state index in [0.717, 1.165) is 0 Å². The Morgan fingerprint density at radius 1 is 0.903 bits per heavy atom. The minimum absolute atomic E-state index is 0.00269. The fraction of sp³-hybridized carbons (Fsp3) is 0.182. The summed E-state index contributed by atoms with van der Waals surface area (Å²) in [5, 5.41) is 5.19. The average Bonchev–Trinajstić information content (AvgIpc) is 3.21. The lowest BCUT2D eigenvalue weighted by molar-refractivity contribution is 0.0177. The number of carbonyl (C=O) groups excluding carboxylic acids is 3. The summed E-state index contributed by atoms with van der Waals surface area (Å²) in [4.78, 5) is 40.6. The van der Waals surface area contributed by atoms with Gasteiger partial charge in [-0.05, 0) is 24.3 Å². The van der Waals surface area contributed by atoms with Crippen molar-refractivity contribution in [3.05, 3.63) is 83.8 Å². The second kappa shape index (κ2) is 10.7. The van der Waals surface area contributed by atoms with Crippen LogP contribution in [0.5, 0.6) is 0 Å². The number of hydrogen-bond donors (Lipinski definition) is 2. The predicted molar refractivity (Wildman–Crippen MR) is 113 cm³/mol. The van der Waals surface area contributed by atoms with Crippen molar-refractivity contribution in [2.24, 2.45) is 0 Å². The van der Waals surface area contributed by atoms with Crippen LogP contribution >= 0.6 is 0 Å². The van der Waals surface area contributed by atoms with Gasteiger partial charge < -0.3 is 20.1 Å². The van der Waals surface area contributed by atoms with Gasteiger partial charge in [-0.3, -0.25) is 14.2 Å². The summed E-state index contributed by atoms with van der Waals surface area (Å²) in [6.07, 6.45) is 1.39. The summed E-state index contributed by atoms with van der Waals surface area (Å²) in [6.45, 7) is 0.172. The number of esters is 1. The molecule has 2 amide bonds. The minimum Gasteiger partial charge on any atom is -0.460 e. The van der Waals surface area contributed by atoms with Crippen LogP contribution in [0.1, 0.15) is 31.2 Å². The summed E-state index contributed by atoms with van der Waals surface area (Å²) >= 11 is 0. The van der Waals surface area contributed by atoms with Crippen LogP contribution in [0.4, 0.5) is 5.82 Å². The molecule has 0 aliphatic rings. The Bertz CT molecular complexity index is 1030. The van der Waals surface area contributed by atoms with E-state index in [2.05, 4.69) is 15.6 Å². The van der Waals surface area contributed by atoms with Gasteiger partial charge in [0.05, 0.1) is 18.5 Å². The maximum Gasteiger partial charge on any atom is 0.338 e. The zero-order valence-electron chi connectivity index (χ0n) is 16.9. The standard InChI is InChI=1S/C22H22N4O5/c1-23-21(28)18-19(25-20(27)16-8-4-2-5-9-16)26(14-24-18)15-30-12-13-31-22(29)17-10-6-3-7-11-17/h2-11,14H,12-13,15H2,1H3,(H,23,28)(H,25,27). The van der Waals surface area contributed by atoms with Crippen molar-refractivity contribution in [1.29, 1.82) is 0 Å². The van der Waals surface area contributed by atoms with E-state index < -0.39 is 11.9 Å². The van der Waals surface area contributed by atoms with E-state index in [-0.39, 0.29) is 37.4 Å². The Morgan fingerprint density at radius 2 is 1.55 bits per heavy atom. The van der Waals surface area contributed by atoms with Crippen molar-refractivity contribution in [3.63, 3.8) is 0 Å². The van der Waals surface area contributed by atoms with Gasteiger partial charge in [0.25, 0.3) is 11.8 Å². The normalized spacial score (nSPS) is 10.4. The number of rotatable bonds is 9.